The average molecular weight is 526 g/mol. The normalized spacial score (nSPS) is 18.2. The SMILES string of the molecule is COCCCN1C(=O)C(=O)C(=C(O)c2ccc3c(c2)OCCO3)[C@H]1c1ccc(OCCC(C)C)c(OC)c1. The van der Waals surface area contributed by atoms with Crippen LogP contribution < -0.4 is 18.9 Å². The van der Waals surface area contributed by atoms with E-state index in [0.717, 1.165) is 6.42 Å². The van der Waals surface area contributed by atoms with Crippen molar-refractivity contribution in [2.75, 3.05) is 47.2 Å². The quantitative estimate of drug-likeness (QED) is 0.200. The van der Waals surface area contributed by atoms with Gasteiger partial charge in [0.1, 0.15) is 19.0 Å². The molecule has 2 heterocycles. The van der Waals surface area contributed by atoms with Gasteiger partial charge in [0, 0.05) is 25.8 Å². The van der Waals surface area contributed by atoms with Crippen LogP contribution in [0.1, 0.15) is 43.9 Å². The van der Waals surface area contributed by atoms with Crippen molar-refractivity contribution >= 4 is 17.4 Å². The van der Waals surface area contributed by atoms with Crippen molar-refractivity contribution in [3.63, 3.8) is 0 Å². The van der Waals surface area contributed by atoms with Gasteiger partial charge in [-0.15, -0.1) is 0 Å². The standard InChI is InChI=1S/C29H35NO8/c1-18(2)10-13-36-21-8-6-19(16-23(21)35-4)26-25(28(32)29(33)30(26)11-5-12-34-3)27(31)20-7-9-22-24(17-20)38-15-14-37-22/h6-9,16-18,26,31H,5,10-15H2,1-4H3/t26-/m1/s1. The van der Waals surface area contributed by atoms with E-state index in [-0.39, 0.29) is 17.9 Å². The first-order valence-corrected chi connectivity index (χ1v) is 12.8. The van der Waals surface area contributed by atoms with E-state index in [2.05, 4.69) is 13.8 Å². The van der Waals surface area contributed by atoms with Crippen LogP contribution in [0.2, 0.25) is 0 Å². The fraction of sp³-hybridized carbons (Fsp3) is 0.448. The van der Waals surface area contributed by atoms with Gasteiger partial charge in [0.05, 0.1) is 25.3 Å². The number of ether oxygens (including phenoxy) is 5. The van der Waals surface area contributed by atoms with Gasteiger partial charge in [-0.05, 0) is 54.7 Å². The van der Waals surface area contributed by atoms with Crippen molar-refractivity contribution < 1.29 is 38.4 Å². The maximum Gasteiger partial charge on any atom is 0.295 e. The average Bonchev–Trinajstić information content (AvgIpc) is 3.17. The monoisotopic (exact) mass is 525 g/mol. The lowest BCUT2D eigenvalue weighted by molar-refractivity contribution is -0.140. The zero-order chi connectivity index (χ0) is 27.2. The first kappa shape index (κ1) is 27.3. The van der Waals surface area contributed by atoms with Gasteiger partial charge >= 0.3 is 0 Å². The Morgan fingerprint density at radius 2 is 1.79 bits per heavy atom. The first-order chi connectivity index (χ1) is 18.3. The molecule has 204 valence electrons. The number of ketones is 1. The van der Waals surface area contributed by atoms with E-state index in [9.17, 15) is 14.7 Å². The van der Waals surface area contributed by atoms with Gasteiger partial charge in [-0.1, -0.05) is 19.9 Å². The minimum absolute atomic E-state index is 0.000348. The van der Waals surface area contributed by atoms with Gasteiger partial charge in [0.2, 0.25) is 0 Å². The Kier molecular flexibility index (Phi) is 8.78. The number of rotatable bonds is 11. The molecule has 1 amide bonds. The molecule has 0 radical (unpaired) electrons. The number of fused-ring (bicyclic) bond motifs is 1. The third kappa shape index (κ3) is 5.72. The van der Waals surface area contributed by atoms with E-state index in [0.29, 0.717) is 72.9 Å². The van der Waals surface area contributed by atoms with Crippen molar-refractivity contribution in [2.24, 2.45) is 5.92 Å². The van der Waals surface area contributed by atoms with Gasteiger partial charge in [-0.3, -0.25) is 9.59 Å². The van der Waals surface area contributed by atoms with Gasteiger partial charge in [0.15, 0.2) is 23.0 Å². The number of methoxy groups -OCH3 is 2. The Hall–Kier alpha value is -3.72. The zero-order valence-electron chi connectivity index (χ0n) is 22.3. The molecule has 0 aliphatic carbocycles. The van der Waals surface area contributed by atoms with Crippen LogP contribution in [-0.4, -0.2) is 68.9 Å². The molecule has 0 spiro atoms. The van der Waals surface area contributed by atoms with E-state index >= 15 is 0 Å². The summed E-state index contributed by atoms with van der Waals surface area (Å²) in [5.74, 6) is 0.854. The van der Waals surface area contributed by atoms with Crippen LogP contribution in [0.15, 0.2) is 42.0 Å². The van der Waals surface area contributed by atoms with Crippen molar-refractivity contribution in [2.45, 2.75) is 32.7 Å². The second-order valence-corrected chi connectivity index (χ2v) is 9.64. The zero-order valence-corrected chi connectivity index (χ0v) is 22.3. The Bertz CT molecular complexity index is 1210. The summed E-state index contributed by atoms with van der Waals surface area (Å²) in [6, 6.07) is 9.44. The maximum atomic E-state index is 13.3. The Labute approximate surface area is 222 Å². The number of Topliss-reactive ketones (excluding diaryl/α,β-unsaturated/α-hetero) is 1. The van der Waals surface area contributed by atoms with Crippen molar-refractivity contribution in [3.8, 4) is 23.0 Å². The molecule has 1 saturated heterocycles. The Balaban J connectivity index is 1.76. The minimum atomic E-state index is -0.821. The minimum Gasteiger partial charge on any atom is -0.507 e. The molecule has 1 N–H and O–H groups in total. The molecule has 9 nitrogen and oxygen atoms in total. The lowest BCUT2D eigenvalue weighted by atomic mass is 9.94. The molecule has 9 heteroatoms. The number of hydrogen-bond acceptors (Lipinski definition) is 8. The summed E-state index contributed by atoms with van der Waals surface area (Å²) < 4.78 is 27.9. The summed E-state index contributed by atoms with van der Waals surface area (Å²) in [5, 5.41) is 11.4. The Morgan fingerprint density at radius 3 is 2.50 bits per heavy atom. The summed E-state index contributed by atoms with van der Waals surface area (Å²) in [6.45, 7) is 6.29. The summed E-state index contributed by atoms with van der Waals surface area (Å²) in [6.07, 6.45) is 1.41. The highest BCUT2D eigenvalue weighted by Crippen LogP contribution is 2.43. The molecule has 2 aromatic rings. The summed E-state index contributed by atoms with van der Waals surface area (Å²) in [7, 11) is 3.12. The molecular formula is C29H35NO8. The number of aliphatic hydroxyl groups is 1. The van der Waals surface area contributed by atoms with E-state index in [1.54, 1.807) is 50.6 Å². The van der Waals surface area contributed by atoms with Crippen LogP contribution in [0.25, 0.3) is 5.76 Å². The number of carbonyl (C=O) groups is 2. The number of amides is 1. The van der Waals surface area contributed by atoms with Gasteiger partial charge in [-0.2, -0.15) is 0 Å². The lowest BCUT2D eigenvalue weighted by Gasteiger charge is -2.26. The van der Waals surface area contributed by atoms with E-state index in [1.807, 2.05) is 0 Å². The molecule has 1 atom stereocenters. The second-order valence-electron chi connectivity index (χ2n) is 9.64. The van der Waals surface area contributed by atoms with E-state index in [1.165, 1.54) is 4.90 Å². The van der Waals surface area contributed by atoms with E-state index in [4.69, 9.17) is 23.7 Å². The topological polar surface area (TPSA) is 104 Å². The van der Waals surface area contributed by atoms with Crippen LogP contribution in [0, 0.1) is 5.92 Å². The predicted octanol–water partition coefficient (Wildman–Crippen LogP) is 4.35. The second kappa shape index (κ2) is 12.2. The van der Waals surface area contributed by atoms with Gasteiger partial charge in [0.25, 0.3) is 11.7 Å². The van der Waals surface area contributed by atoms with Crippen LogP contribution >= 0.6 is 0 Å². The summed E-state index contributed by atoms with van der Waals surface area (Å²) >= 11 is 0. The van der Waals surface area contributed by atoms with E-state index < -0.39 is 17.7 Å². The molecule has 2 aromatic carbocycles. The highest BCUT2D eigenvalue weighted by atomic mass is 16.6. The molecule has 0 unspecified atom stereocenters. The molecule has 38 heavy (non-hydrogen) atoms. The molecule has 0 saturated carbocycles. The summed E-state index contributed by atoms with van der Waals surface area (Å²) in [5.41, 5.74) is 0.975. The number of benzene rings is 2. The lowest BCUT2D eigenvalue weighted by Crippen LogP contribution is -2.31. The molecule has 2 aliphatic rings. The predicted molar refractivity (Wildman–Crippen MR) is 141 cm³/mol. The van der Waals surface area contributed by atoms with Gasteiger partial charge in [-0.25, -0.2) is 0 Å². The fourth-order valence-electron chi connectivity index (χ4n) is 4.56. The number of likely N-dealkylation sites (tertiary alicyclic amines) is 1. The van der Waals surface area contributed by atoms with Crippen molar-refractivity contribution in [1.82, 2.24) is 4.90 Å². The largest absolute Gasteiger partial charge is 0.507 e. The number of hydrogen-bond donors (Lipinski definition) is 1. The van der Waals surface area contributed by atoms with Crippen molar-refractivity contribution in [1.29, 1.82) is 0 Å². The number of nitrogens with zero attached hydrogens (tertiary/aromatic N) is 1. The van der Waals surface area contributed by atoms with Crippen LogP contribution in [0.5, 0.6) is 23.0 Å². The van der Waals surface area contributed by atoms with Crippen molar-refractivity contribution in [3.05, 3.63) is 53.1 Å². The number of carbonyl (C=O) groups excluding carboxylic acids is 2. The molecule has 1 fully saturated rings. The Morgan fingerprint density at radius 1 is 1.03 bits per heavy atom. The molecule has 2 aliphatic heterocycles. The molecule has 0 aromatic heterocycles. The van der Waals surface area contributed by atoms with Gasteiger partial charge < -0.3 is 33.7 Å². The molecule has 0 bridgehead atoms. The number of aliphatic hydroxyl groups excluding tert-OH is 1. The van der Waals surface area contributed by atoms with Crippen LogP contribution in [0.3, 0.4) is 0 Å². The highest BCUT2D eigenvalue weighted by molar-refractivity contribution is 6.46. The maximum absolute atomic E-state index is 13.3. The third-order valence-electron chi connectivity index (χ3n) is 6.56. The highest BCUT2D eigenvalue weighted by Gasteiger charge is 2.46. The van der Waals surface area contributed by atoms with Crippen LogP contribution in [0.4, 0.5) is 0 Å². The summed E-state index contributed by atoms with van der Waals surface area (Å²) in [4.78, 5) is 28.0. The smallest absolute Gasteiger partial charge is 0.295 e. The third-order valence-corrected chi connectivity index (χ3v) is 6.56. The van der Waals surface area contributed by atoms with Crippen LogP contribution in [-0.2, 0) is 14.3 Å². The molecule has 4 rings (SSSR count). The fourth-order valence-corrected chi connectivity index (χ4v) is 4.56. The first-order valence-electron chi connectivity index (χ1n) is 12.8. The molecular weight excluding hydrogens is 490 g/mol.